The van der Waals surface area contributed by atoms with Crippen LogP contribution in [0.15, 0.2) is 29.6 Å². The summed E-state index contributed by atoms with van der Waals surface area (Å²) in [6, 6.07) is 8.19. The second-order valence-corrected chi connectivity index (χ2v) is 6.12. The average Bonchev–Trinajstić information content (AvgIpc) is 2.89. The molecule has 2 rings (SSSR count). The van der Waals surface area contributed by atoms with Crippen molar-refractivity contribution in [2.24, 2.45) is 0 Å². The van der Waals surface area contributed by atoms with Gasteiger partial charge in [-0.05, 0) is 42.0 Å². The van der Waals surface area contributed by atoms with E-state index in [2.05, 4.69) is 16.3 Å². The molecule has 0 aliphatic heterocycles. The average molecular weight is 291 g/mol. The van der Waals surface area contributed by atoms with Crippen molar-refractivity contribution in [3.8, 4) is 5.75 Å². The third kappa shape index (κ3) is 3.82. The summed E-state index contributed by atoms with van der Waals surface area (Å²) >= 11 is 1.73. The predicted octanol–water partition coefficient (Wildman–Crippen LogP) is 3.07. The van der Waals surface area contributed by atoms with Gasteiger partial charge in [-0.2, -0.15) is 0 Å². The lowest BCUT2D eigenvalue weighted by Gasteiger charge is -2.21. The Hall–Kier alpha value is -1.36. The van der Waals surface area contributed by atoms with Gasteiger partial charge >= 0.3 is 0 Å². The van der Waals surface area contributed by atoms with Gasteiger partial charge in [-0.25, -0.2) is 0 Å². The molecule has 108 valence electrons. The molecular weight excluding hydrogens is 270 g/mol. The summed E-state index contributed by atoms with van der Waals surface area (Å²) in [4.78, 5) is 3.52. The quantitative estimate of drug-likeness (QED) is 0.859. The third-order valence-corrected chi connectivity index (χ3v) is 4.19. The fraction of sp³-hybridized carbons (Fsp3) is 0.375. The molecule has 0 spiro atoms. The molecule has 20 heavy (non-hydrogen) atoms. The van der Waals surface area contributed by atoms with E-state index in [0.29, 0.717) is 12.3 Å². The topological polar surface area (TPSA) is 43.7 Å². The number of rotatable bonds is 6. The van der Waals surface area contributed by atoms with Gasteiger partial charge in [-0.15, -0.1) is 11.3 Å². The van der Waals surface area contributed by atoms with E-state index < -0.39 is 0 Å². The van der Waals surface area contributed by atoms with E-state index in [-0.39, 0.29) is 6.61 Å². The minimum atomic E-state index is 0.154. The van der Waals surface area contributed by atoms with E-state index in [4.69, 9.17) is 0 Å². The van der Waals surface area contributed by atoms with E-state index in [9.17, 15) is 10.2 Å². The molecule has 0 amide bonds. The highest BCUT2D eigenvalue weighted by Gasteiger charge is 2.10. The Morgan fingerprint density at radius 3 is 2.40 bits per heavy atom. The monoisotopic (exact) mass is 291 g/mol. The molecule has 4 heteroatoms. The van der Waals surface area contributed by atoms with Crippen LogP contribution in [0.3, 0.4) is 0 Å². The van der Waals surface area contributed by atoms with E-state index in [1.807, 2.05) is 32.0 Å². The fourth-order valence-corrected chi connectivity index (χ4v) is 3.12. The van der Waals surface area contributed by atoms with Crippen molar-refractivity contribution in [3.63, 3.8) is 0 Å². The lowest BCUT2D eigenvalue weighted by molar-refractivity contribution is 0.185. The van der Waals surface area contributed by atoms with Crippen LogP contribution < -0.4 is 0 Å². The van der Waals surface area contributed by atoms with Gasteiger partial charge in [0.25, 0.3) is 0 Å². The molecule has 2 N–H and O–H groups in total. The molecule has 0 fully saturated rings. The van der Waals surface area contributed by atoms with Crippen LogP contribution in [0.25, 0.3) is 0 Å². The van der Waals surface area contributed by atoms with Crippen molar-refractivity contribution in [3.05, 3.63) is 51.2 Å². The Labute approximate surface area is 124 Å². The molecule has 1 heterocycles. The first-order valence-electron chi connectivity index (χ1n) is 6.75. The van der Waals surface area contributed by atoms with Crippen molar-refractivity contribution in [2.45, 2.75) is 26.9 Å². The van der Waals surface area contributed by atoms with E-state index in [0.717, 1.165) is 24.2 Å². The molecule has 3 nitrogen and oxygen atoms in total. The van der Waals surface area contributed by atoms with Crippen LogP contribution in [-0.4, -0.2) is 28.3 Å². The second kappa shape index (κ2) is 6.88. The molecule has 0 atom stereocenters. The summed E-state index contributed by atoms with van der Waals surface area (Å²) in [5, 5.41) is 21.1. The first-order chi connectivity index (χ1) is 9.60. The van der Waals surface area contributed by atoms with Gasteiger partial charge in [-0.1, -0.05) is 18.2 Å². The number of aliphatic hydroxyl groups excluding tert-OH is 1. The van der Waals surface area contributed by atoms with Crippen molar-refractivity contribution in [1.82, 2.24) is 4.90 Å². The maximum atomic E-state index is 9.82. The molecule has 2 aromatic rings. The normalized spacial score (nSPS) is 11.2. The highest BCUT2D eigenvalue weighted by Crippen LogP contribution is 2.24. The van der Waals surface area contributed by atoms with Gasteiger partial charge in [0, 0.05) is 24.5 Å². The first-order valence-corrected chi connectivity index (χ1v) is 7.63. The molecule has 0 saturated heterocycles. The summed E-state index contributed by atoms with van der Waals surface area (Å²) in [7, 11) is 0. The van der Waals surface area contributed by atoms with Crippen molar-refractivity contribution in [2.75, 3.05) is 13.2 Å². The van der Waals surface area contributed by atoms with E-state index in [1.54, 1.807) is 11.3 Å². The Balaban J connectivity index is 2.11. The molecule has 0 radical (unpaired) electrons. The maximum Gasteiger partial charge on any atom is 0.121 e. The molecule has 0 aliphatic carbocycles. The molecule has 0 unspecified atom stereocenters. The van der Waals surface area contributed by atoms with Crippen LogP contribution in [0.2, 0.25) is 0 Å². The minimum Gasteiger partial charge on any atom is -0.507 e. The largest absolute Gasteiger partial charge is 0.507 e. The minimum absolute atomic E-state index is 0.154. The lowest BCUT2D eigenvalue weighted by atomic mass is 10.1. The molecule has 0 saturated carbocycles. The number of nitrogens with zero attached hydrogens (tertiary/aromatic N) is 1. The summed E-state index contributed by atoms with van der Waals surface area (Å²) in [5.41, 5.74) is 2.97. The summed E-state index contributed by atoms with van der Waals surface area (Å²) < 4.78 is 0. The highest BCUT2D eigenvalue weighted by atomic mass is 32.1. The third-order valence-electron chi connectivity index (χ3n) is 3.33. The van der Waals surface area contributed by atoms with Crippen LogP contribution in [0.4, 0.5) is 0 Å². The van der Waals surface area contributed by atoms with Crippen LogP contribution >= 0.6 is 11.3 Å². The van der Waals surface area contributed by atoms with Gasteiger partial charge in [0.15, 0.2) is 0 Å². The van der Waals surface area contributed by atoms with Gasteiger partial charge in [-0.3, -0.25) is 4.90 Å². The zero-order valence-electron chi connectivity index (χ0n) is 12.0. The van der Waals surface area contributed by atoms with Gasteiger partial charge in [0.05, 0.1) is 6.61 Å². The zero-order chi connectivity index (χ0) is 14.5. The number of benzene rings is 1. The van der Waals surface area contributed by atoms with Crippen molar-refractivity contribution < 1.29 is 10.2 Å². The van der Waals surface area contributed by atoms with Crippen LogP contribution in [0, 0.1) is 13.8 Å². The fourth-order valence-electron chi connectivity index (χ4n) is 2.37. The number of hydrogen-bond acceptors (Lipinski definition) is 4. The Bertz CT molecular complexity index is 529. The first kappa shape index (κ1) is 15.0. The SMILES string of the molecule is Cc1cc(CN(CCO)Cc2cccs2)cc(C)c1O. The molecular formula is C16H21NO2S. The predicted molar refractivity (Wildman–Crippen MR) is 83.1 cm³/mol. The molecule has 0 bridgehead atoms. The number of aliphatic hydroxyl groups is 1. The van der Waals surface area contributed by atoms with Gasteiger partial charge in [0.2, 0.25) is 0 Å². The van der Waals surface area contributed by atoms with E-state index >= 15 is 0 Å². The number of aromatic hydroxyl groups is 1. The Kier molecular flexibility index (Phi) is 5.17. The molecule has 1 aromatic carbocycles. The second-order valence-electron chi connectivity index (χ2n) is 5.09. The molecule has 1 aromatic heterocycles. The number of aryl methyl sites for hydroxylation is 2. The van der Waals surface area contributed by atoms with Crippen molar-refractivity contribution in [1.29, 1.82) is 0 Å². The number of phenols is 1. The van der Waals surface area contributed by atoms with Gasteiger partial charge < -0.3 is 10.2 Å². The van der Waals surface area contributed by atoms with Gasteiger partial charge in [0.1, 0.15) is 5.75 Å². The number of thiophene rings is 1. The Morgan fingerprint density at radius 1 is 1.15 bits per heavy atom. The standard InChI is InChI=1S/C16H21NO2S/c1-12-8-14(9-13(2)16(12)19)10-17(5-6-18)11-15-4-3-7-20-15/h3-4,7-9,18-19H,5-6,10-11H2,1-2H3. The zero-order valence-corrected chi connectivity index (χ0v) is 12.8. The van der Waals surface area contributed by atoms with Crippen LogP contribution in [0.1, 0.15) is 21.6 Å². The number of phenolic OH excluding ortho intramolecular Hbond substituents is 1. The molecule has 0 aliphatic rings. The lowest BCUT2D eigenvalue weighted by Crippen LogP contribution is -2.25. The maximum absolute atomic E-state index is 9.82. The van der Waals surface area contributed by atoms with Crippen molar-refractivity contribution >= 4 is 11.3 Å². The summed E-state index contributed by atoms with van der Waals surface area (Å²) in [6.07, 6.45) is 0. The van der Waals surface area contributed by atoms with Crippen LogP contribution in [-0.2, 0) is 13.1 Å². The Morgan fingerprint density at radius 2 is 1.85 bits per heavy atom. The summed E-state index contributed by atoms with van der Waals surface area (Å²) in [6.45, 7) is 6.26. The van der Waals surface area contributed by atoms with Crippen LogP contribution in [0.5, 0.6) is 5.75 Å². The smallest absolute Gasteiger partial charge is 0.121 e. The van der Waals surface area contributed by atoms with E-state index in [1.165, 1.54) is 10.4 Å². The summed E-state index contributed by atoms with van der Waals surface area (Å²) in [5.74, 6) is 0.376. The highest BCUT2D eigenvalue weighted by molar-refractivity contribution is 7.09. The number of hydrogen-bond donors (Lipinski definition) is 2.